The van der Waals surface area contributed by atoms with Crippen molar-refractivity contribution in [3.05, 3.63) is 21.2 Å². The second-order valence-corrected chi connectivity index (χ2v) is 5.68. The topological polar surface area (TPSA) is 41.5 Å². The molecule has 0 atom stereocenters. The molecule has 0 bridgehead atoms. The molecule has 0 spiro atoms. The third kappa shape index (κ3) is 2.24. The lowest BCUT2D eigenvalue weighted by molar-refractivity contribution is 0.359. The Morgan fingerprint density at radius 3 is 2.39 bits per heavy atom. The van der Waals surface area contributed by atoms with Crippen LogP contribution < -0.4 is 10.1 Å². The molecule has 1 saturated heterocycles. The van der Waals surface area contributed by atoms with Crippen LogP contribution in [-0.4, -0.2) is 25.3 Å². The smallest absolute Gasteiger partial charge is 0.164 e. The van der Waals surface area contributed by atoms with E-state index in [1.165, 1.54) is 0 Å². The zero-order valence-corrected chi connectivity index (χ0v) is 12.7. The first-order valence-corrected chi connectivity index (χ1v) is 7.13. The molecule has 2 rings (SSSR count). The number of aromatic hydroxyl groups is 1. The third-order valence-electron chi connectivity index (χ3n) is 3.82. The molecular weight excluding hydrogens is 294 g/mol. The minimum Gasteiger partial charge on any atom is -0.504 e. The second-order valence-electron chi connectivity index (χ2n) is 4.88. The van der Waals surface area contributed by atoms with Crippen molar-refractivity contribution in [1.82, 2.24) is 5.32 Å². The van der Waals surface area contributed by atoms with E-state index >= 15 is 0 Å². The van der Waals surface area contributed by atoms with Crippen LogP contribution in [0, 0.1) is 13.8 Å². The lowest BCUT2D eigenvalue weighted by atomic mass is 9.85. The maximum absolute atomic E-state index is 10.5. The van der Waals surface area contributed by atoms with Gasteiger partial charge in [0.2, 0.25) is 0 Å². The summed E-state index contributed by atoms with van der Waals surface area (Å²) in [6.07, 6.45) is 2.13. The maximum Gasteiger partial charge on any atom is 0.164 e. The molecule has 0 amide bonds. The van der Waals surface area contributed by atoms with E-state index in [0.717, 1.165) is 47.1 Å². The summed E-state index contributed by atoms with van der Waals surface area (Å²) in [6, 6.07) is 0. The maximum atomic E-state index is 10.5. The summed E-state index contributed by atoms with van der Waals surface area (Å²) in [5, 5.41) is 13.8. The first-order valence-electron chi connectivity index (χ1n) is 6.34. The molecular formula is C14H20BrNO2. The van der Waals surface area contributed by atoms with Crippen molar-refractivity contribution < 1.29 is 9.84 Å². The Labute approximate surface area is 117 Å². The predicted molar refractivity (Wildman–Crippen MR) is 76.7 cm³/mol. The van der Waals surface area contributed by atoms with Crippen molar-refractivity contribution >= 4 is 15.9 Å². The molecule has 100 valence electrons. The highest BCUT2D eigenvalue weighted by Crippen LogP contribution is 2.46. The molecule has 1 heterocycles. The number of hydrogen-bond donors (Lipinski definition) is 2. The first kappa shape index (κ1) is 13.7. The Bertz CT molecular complexity index is 454. The fourth-order valence-corrected chi connectivity index (χ4v) is 3.23. The summed E-state index contributed by atoms with van der Waals surface area (Å²) < 4.78 is 6.39. The molecule has 0 aromatic heterocycles. The molecule has 1 aliphatic heterocycles. The number of rotatable bonds is 2. The van der Waals surface area contributed by atoms with E-state index < -0.39 is 0 Å². The summed E-state index contributed by atoms with van der Waals surface area (Å²) in [6.45, 7) is 6.05. The fourth-order valence-electron chi connectivity index (χ4n) is 2.84. The number of benzene rings is 1. The first-order chi connectivity index (χ1) is 8.57. The van der Waals surface area contributed by atoms with Gasteiger partial charge in [-0.1, -0.05) is 15.9 Å². The highest BCUT2D eigenvalue weighted by molar-refractivity contribution is 9.10. The lowest BCUT2D eigenvalue weighted by Crippen LogP contribution is -2.27. The Hall–Kier alpha value is -0.740. The van der Waals surface area contributed by atoms with Gasteiger partial charge in [0.1, 0.15) is 0 Å². The minimum atomic E-state index is 0.322. The van der Waals surface area contributed by atoms with E-state index in [-0.39, 0.29) is 0 Å². The zero-order valence-electron chi connectivity index (χ0n) is 11.1. The van der Waals surface area contributed by atoms with Gasteiger partial charge in [0.15, 0.2) is 11.5 Å². The molecule has 2 N–H and O–H groups in total. The van der Waals surface area contributed by atoms with Gasteiger partial charge in [-0.3, -0.25) is 0 Å². The van der Waals surface area contributed by atoms with E-state index in [2.05, 4.69) is 28.2 Å². The van der Waals surface area contributed by atoms with E-state index in [4.69, 9.17) is 4.74 Å². The van der Waals surface area contributed by atoms with Crippen LogP contribution in [0.2, 0.25) is 0 Å². The Balaban J connectivity index is 2.54. The molecule has 1 aromatic rings. The Morgan fingerprint density at radius 2 is 1.83 bits per heavy atom. The number of nitrogens with one attached hydrogen (secondary N) is 1. The molecule has 1 aliphatic rings. The molecule has 0 saturated carbocycles. The molecule has 0 aliphatic carbocycles. The average molecular weight is 314 g/mol. The standard InChI is InChI=1S/C14H20BrNO2/c1-8-11(10-4-6-16-7-5-10)13(17)14(18-3)9(2)12(8)15/h10,16-17H,4-7H2,1-3H3. The van der Waals surface area contributed by atoms with Crippen molar-refractivity contribution in [2.45, 2.75) is 32.6 Å². The van der Waals surface area contributed by atoms with Crippen LogP contribution in [0.4, 0.5) is 0 Å². The van der Waals surface area contributed by atoms with Gasteiger partial charge in [0.25, 0.3) is 0 Å². The SMILES string of the molecule is COc1c(C)c(Br)c(C)c(C2CCNCC2)c1O. The average Bonchev–Trinajstić information content (AvgIpc) is 2.38. The number of methoxy groups -OCH3 is 1. The van der Waals surface area contributed by atoms with Crippen molar-refractivity contribution in [1.29, 1.82) is 0 Å². The molecule has 4 heteroatoms. The Kier molecular flexibility index (Phi) is 4.17. The van der Waals surface area contributed by atoms with Gasteiger partial charge in [0, 0.05) is 15.6 Å². The molecule has 18 heavy (non-hydrogen) atoms. The van der Waals surface area contributed by atoms with Crippen molar-refractivity contribution in [3.8, 4) is 11.5 Å². The molecule has 0 unspecified atom stereocenters. The van der Waals surface area contributed by atoms with E-state index in [1.807, 2.05) is 6.92 Å². The van der Waals surface area contributed by atoms with Crippen LogP contribution in [0.5, 0.6) is 11.5 Å². The largest absolute Gasteiger partial charge is 0.504 e. The van der Waals surface area contributed by atoms with Gasteiger partial charge in [-0.2, -0.15) is 0 Å². The third-order valence-corrected chi connectivity index (χ3v) is 5.01. The number of ether oxygens (including phenoxy) is 1. The second kappa shape index (κ2) is 5.49. The van der Waals surface area contributed by atoms with Crippen molar-refractivity contribution in [2.75, 3.05) is 20.2 Å². The number of halogens is 1. The summed E-state index contributed by atoms with van der Waals surface area (Å²) in [5.41, 5.74) is 3.15. The van der Waals surface area contributed by atoms with Gasteiger partial charge in [-0.25, -0.2) is 0 Å². The van der Waals surface area contributed by atoms with Crippen LogP contribution in [0.25, 0.3) is 0 Å². The Morgan fingerprint density at radius 1 is 1.22 bits per heavy atom. The van der Waals surface area contributed by atoms with Gasteiger partial charge in [-0.15, -0.1) is 0 Å². The summed E-state index contributed by atoms with van der Waals surface area (Å²) in [7, 11) is 1.61. The van der Waals surface area contributed by atoms with Crippen molar-refractivity contribution in [2.24, 2.45) is 0 Å². The quantitative estimate of drug-likeness (QED) is 0.880. The fraction of sp³-hybridized carbons (Fsp3) is 0.571. The zero-order chi connectivity index (χ0) is 13.3. The highest BCUT2D eigenvalue weighted by Gasteiger charge is 2.25. The van der Waals surface area contributed by atoms with Crippen molar-refractivity contribution in [3.63, 3.8) is 0 Å². The van der Waals surface area contributed by atoms with E-state index in [9.17, 15) is 5.11 Å². The number of hydrogen-bond acceptors (Lipinski definition) is 3. The number of phenols is 1. The van der Waals surface area contributed by atoms with Crippen LogP contribution >= 0.6 is 15.9 Å². The van der Waals surface area contributed by atoms with E-state index in [0.29, 0.717) is 17.4 Å². The van der Waals surface area contributed by atoms with Crippen LogP contribution in [0.1, 0.15) is 35.4 Å². The molecule has 1 aromatic carbocycles. The van der Waals surface area contributed by atoms with Gasteiger partial charge in [0.05, 0.1) is 7.11 Å². The van der Waals surface area contributed by atoms with Crippen LogP contribution in [0.3, 0.4) is 0 Å². The number of phenolic OH excluding ortho intramolecular Hbond substituents is 1. The predicted octanol–water partition coefficient (Wildman–Crippen LogP) is 3.25. The van der Waals surface area contributed by atoms with Gasteiger partial charge in [-0.05, 0) is 51.3 Å². The van der Waals surface area contributed by atoms with Gasteiger partial charge < -0.3 is 15.2 Å². The summed E-state index contributed by atoms with van der Waals surface area (Å²) in [5.74, 6) is 1.33. The molecule has 0 radical (unpaired) electrons. The van der Waals surface area contributed by atoms with Crippen LogP contribution in [-0.2, 0) is 0 Å². The normalized spacial score (nSPS) is 16.9. The number of piperidine rings is 1. The van der Waals surface area contributed by atoms with Gasteiger partial charge >= 0.3 is 0 Å². The monoisotopic (exact) mass is 313 g/mol. The van der Waals surface area contributed by atoms with E-state index in [1.54, 1.807) is 7.11 Å². The lowest BCUT2D eigenvalue weighted by Gasteiger charge is -2.27. The molecule has 1 fully saturated rings. The van der Waals surface area contributed by atoms with Crippen LogP contribution in [0.15, 0.2) is 4.47 Å². The summed E-state index contributed by atoms with van der Waals surface area (Å²) in [4.78, 5) is 0. The minimum absolute atomic E-state index is 0.322. The molecule has 3 nitrogen and oxygen atoms in total. The summed E-state index contributed by atoms with van der Waals surface area (Å²) >= 11 is 3.62. The highest BCUT2D eigenvalue weighted by atomic mass is 79.9.